The number of fused-ring (bicyclic) bond motifs is 3. The van der Waals surface area contributed by atoms with Gasteiger partial charge in [0.15, 0.2) is 0 Å². The Kier molecular flexibility index (Phi) is 4.49. The topological polar surface area (TPSA) is 53.2 Å². The Morgan fingerprint density at radius 1 is 1.00 bits per heavy atom. The van der Waals surface area contributed by atoms with Crippen molar-refractivity contribution in [1.82, 2.24) is 9.29 Å². The fraction of sp³-hybridized carbons (Fsp3) is 0.167. The molecule has 0 saturated carbocycles. The van der Waals surface area contributed by atoms with Crippen molar-refractivity contribution in [1.29, 1.82) is 0 Å². The molecule has 0 radical (unpaired) electrons. The number of nitrogens with one attached hydrogen (secondary N) is 1. The number of H-pyrrole nitrogens is 1. The first-order valence-corrected chi connectivity index (χ1v) is 11.3. The van der Waals surface area contributed by atoms with E-state index in [-0.39, 0.29) is 4.90 Å². The van der Waals surface area contributed by atoms with E-state index < -0.39 is 21.9 Å². The molecule has 0 saturated heterocycles. The van der Waals surface area contributed by atoms with Crippen LogP contribution in [-0.2, 0) is 16.4 Å². The molecular weight excluding hydrogens is 399 g/mol. The molecule has 4 aromatic rings. The van der Waals surface area contributed by atoms with Crippen LogP contribution in [-0.4, -0.2) is 24.3 Å². The number of para-hydroxylation sites is 1. The van der Waals surface area contributed by atoms with E-state index in [1.807, 2.05) is 49.4 Å². The molecule has 0 fully saturated rings. The van der Waals surface area contributed by atoms with Gasteiger partial charge in [0.05, 0.1) is 10.9 Å². The molecule has 1 aliphatic rings. The van der Waals surface area contributed by atoms with Gasteiger partial charge in [0.25, 0.3) is 0 Å². The molecule has 0 amide bonds. The van der Waals surface area contributed by atoms with E-state index in [0.29, 0.717) is 13.0 Å². The molecule has 1 N–H and O–H groups in total. The lowest BCUT2D eigenvalue weighted by atomic mass is 9.94. The van der Waals surface area contributed by atoms with E-state index in [4.69, 9.17) is 0 Å². The second kappa shape index (κ2) is 7.07. The van der Waals surface area contributed by atoms with Crippen LogP contribution in [0.15, 0.2) is 77.7 Å². The van der Waals surface area contributed by atoms with Gasteiger partial charge in [-0.25, -0.2) is 12.8 Å². The molecule has 2 heterocycles. The zero-order chi connectivity index (χ0) is 20.9. The summed E-state index contributed by atoms with van der Waals surface area (Å²) in [6.45, 7) is 2.33. The Labute approximate surface area is 175 Å². The zero-order valence-electron chi connectivity index (χ0n) is 16.5. The lowest BCUT2D eigenvalue weighted by molar-refractivity contribution is 0.340. The average Bonchev–Trinajstić information content (AvgIpc) is 3.12. The number of hydrogen-bond donors (Lipinski definition) is 1. The van der Waals surface area contributed by atoms with Crippen LogP contribution in [0, 0.1) is 12.7 Å². The van der Waals surface area contributed by atoms with Gasteiger partial charge in [-0.1, -0.05) is 54.1 Å². The minimum atomic E-state index is -3.90. The van der Waals surface area contributed by atoms with E-state index in [2.05, 4.69) is 11.1 Å². The normalized spacial score (nSPS) is 17.2. The highest BCUT2D eigenvalue weighted by atomic mass is 32.2. The summed E-state index contributed by atoms with van der Waals surface area (Å²) < 4.78 is 42.4. The van der Waals surface area contributed by atoms with Crippen LogP contribution >= 0.6 is 0 Å². The minimum absolute atomic E-state index is 0.0285. The smallest absolute Gasteiger partial charge is 0.244 e. The van der Waals surface area contributed by atoms with Crippen molar-refractivity contribution in [3.05, 3.63) is 101 Å². The molecule has 0 aliphatic carbocycles. The molecule has 0 spiro atoms. The number of aromatic amines is 1. The van der Waals surface area contributed by atoms with Gasteiger partial charge >= 0.3 is 0 Å². The van der Waals surface area contributed by atoms with Crippen molar-refractivity contribution in [2.75, 3.05) is 6.54 Å². The quantitative estimate of drug-likeness (QED) is 0.510. The summed E-state index contributed by atoms with van der Waals surface area (Å²) in [6, 6.07) is 20.6. The standard InChI is InChI=1S/C24H21FN2O2S/c1-16-9-11-17(12-10-16)24-23-21(20-7-2-3-8-22(20)26-23)13-14-27(24)30(28,29)19-6-4-5-18(25)15-19/h2-12,15,24,26H,13-14H2,1H3/t24-/m0/s1. The number of nitrogens with zero attached hydrogens (tertiary/aromatic N) is 1. The first-order chi connectivity index (χ1) is 14.4. The van der Waals surface area contributed by atoms with Gasteiger partial charge in [-0.15, -0.1) is 0 Å². The molecule has 152 valence electrons. The third-order valence-electron chi connectivity index (χ3n) is 5.79. The highest BCUT2D eigenvalue weighted by molar-refractivity contribution is 7.89. The van der Waals surface area contributed by atoms with Crippen LogP contribution in [0.25, 0.3) is 10.9 Å². The van der Waals surface area contributed by atoms with Crippen LogP contribution in [0.2, 0.25) is 0 Å². The van der Waals surface area contributed by atoms with Crippen molar-refractivity contribution in [3.8, 4) is 0 Å². The maximum atomic E-state index is 13.8. The van der Waals surface area contributed by atoms with Crippen molar-refractivity contribution < 1.29 is 12.8 Å². The van der Waals surface area contributed by atoms with E-state index in [1.165, 1.54) is 22.5 Å². The SMILES string of the molecule is Cc1ccc([C@H]2c3[nH]c4ccccc4c3CCN2S(=O)(=O)c2cccc(F)c2)cc1. The predicted molar refractivity (Wildman–Crippen MR) is 115 cm³/mol. The molecule has 4 nitrogen and oxygen atoms in total. The first kappa shape index (κ1) is 19.0. The van der Waals surface area contributed by atoms with Crippen LogP contribution in [0.3, 0.4) is 0 Å². The molecule has 1 aliphatic heterocycles. The van der Waals surface area contributed by atoms with Crippen molar-refractivity contribution in [2.45, 2.75) is 24.3 Å². The summed E-state index contributed by atoms with van der Waals surface area (Å²) >= 11 is 0. The summed E-state index contributed by atoms with van der Waals surface area (Å²) in [6.07, 6.45) is 0.594. The molecule has 1 aromatic heterocycles. The fourth-order valence-corrected chi connectivity index (χ4v) is 5.94. The van der Waals surface area contributed by atoms with Gasteiger partial charge < -0.3 is 4.98 Å². The van der Waals surface area contributed by atoms with E-state index in [1.54, 1.807) is 0 Å². The van der Waals surface area contributed by atoms with Crippen LogP contribution < -0.4 is 0 Å². The highest BCUT2D eigenvalue weighted by Crippen LogP contribution is 2.41. The first-order valence-electron chi connectivity index (χ1n) is 9.88. The van der Waals surface area contributed by atoms with Gasteiger partial charge in [0.2, 0.25) is 10.0 Å². The maximum Gasteiger partial charge on any atom is 0.244 e. The third kappa shape index (κ3) is 3.04. The second-order valence-electron chi connectivity index (χ2n) is 7.70. The van der Waals surface area contributed by atoms with Crippen molar-refractivity contribution >= 4 is 20.9 Å². The van der Waals surface area contributed by atoms with Gasteiger partial charge in [-0.05, 0) is 48.7 Å². The third-order valence-corrected chi connectivity index (χ3v) is 7.65. The Bertz CT molecular complexity index is 1340. The number of aryl methyl sites for hydroxylation is 1. The molecule has 1 atom stereocenters. The van der Waals surface area contributed by atoms with Gasteiger partial charge in [0, 0.05) is 23.1 Å². The number of halogens is 1. The van der Waals surface area contributed by atoms with E-state index in [9.17, 15) is 12.8 Å². The molecule has 0 bridgehead atoms. The Morgan fingerprint density at radius 3 is 2.53 bits per heavy atom. The summed E-state index contributed by atoms with van der Waals surface area (Å²) in [4.78, 5) is 3.44. The van der Waals surface area contributed by atoms with Gasteiger partial charge in [-0.2, -0.15) is 4.31 Å². The van der Waals surface area contributed by atoms with Crippen LogP contribution in [0.4, 0.5) is 4.39 Å². The number of aromatic nitrogens is 1. The summed E-state index contributed by atoms with van der Waals surface area (Å²) in [5, 5.41) is 1.12. The summed E-state index contributed by atoms with van der Waals surface area (Å²) in [7, 11) is -3.90. The number of rotatable bonds is 3. The molecule has 5 rings (SSSR count). The van der Waals surface area contributed by atoms with Gasteiger partial charge in [-0.3, -0.25) is 0 Å². The predicted octanol–water partition coefficient (Wildman–Crippen LogP) is 4.95. The largest absolute Gasteiger partial charge is 0.357 e. The summed E-state index contributed by atoms with van der Waals surface area (Å²) in [5.74, 6) is -0.564. The number of hydrogen-bond acceptors (Lipinski definition) is 2. The number of benzene rings is 3. The summed E-state index contributed by atoms with van der Waals surface area (Å²) in [5.41, 5.74) is 5.00. The lowest BCUT2D eigenvalue weighted by Crippen LogP contribution is -2.40. The molecule has 6 heteroatoms. The Hall–Kier alpha value is -2.96. The van der Waals surface area contributed by atoms with Crippen molar-refractivity contribution in [2.24, 2.45) is 0 Å². The minimum Gasteiger partial charge on any atom is -0.357 e. The average molecular weight is 421 g/mol. The molecule has 30 heavy (non-hydrogen) atoms. The maximum absolute atomic E-state index is 13.8. The Morgan fingerprint density at radius 2 is 1.77 bits per heavy atom. The van der Waals surface area contributed by atoms with Gasteiger partial charge in [0.1, 0.15) is 5.82 Å². The molecule has 0 unspecified atom stereocenters. The van der Waals surface area contributed by atoms with E-state index in [0.717, 1.165) is 39.4 Å². The lowest BCUT2D eigenvalue weighted by Gasteiger charge is -2.35. The van der Waals surface area contributed by atoms with Crippen LogP contribution in [0.5, 0.6) is 0 Å². The molecular formula is C24H21FN2O2S. The highest BCUT2D eigenvalue weighted by Gasteiger charge is 2.39. The van der Waals surface area contributed by atoms with Crippen LogP contribution in [0.1, 0.15) is 28.4 Å². The second-order valence-corrected chi connectivity index (χ2v) is 9.59. The van der Waals surface area contributed by atoms with E-state index >= 15 is 0 Å². The number of sulfonamides is 1. The van der Waals surface area contributed by atoms with Crippen molar-refractivity contribution in [3.63, 3.8) is 0 Å². The molecule has 3 aromatic carbocycles. The fourth-order valence-electron chi connectivity index (χ4n) is 4.32. The zero-order valence-corrected chi connectivity index (χ0v) is 17.3. The Balaban J connectivity index is 1.72. The monoisotopic (exact) mass is 420 g/mol.